The molecule has 3 aliphatic heterocycles. The highest BCUT2D eigenvalue weighted by Crippen LogP contribution is 2.33. The van der Waals surface area contributed by atoms with E-state index in [4.69, 9.17) is 0 Å². The molecule has 2 saturated heterocycles. The van der Waals surface area contributed by atoms with Gasteiger partial charge >= 0.3 is 0 Å². The molecule has 1 N–H and O–H groups in total. The van der Waals surface area contributed by atoms with Crippen molar-refractivity contribution in [3.05, 3.63) is 65.1 Å². The van der Waals surface area contributed by atoms with Crippen molar-refractivity contribution in [2.75, 3.05) is 37.6 Å². The van der Waals surface area contributed by atoms with Gasteiger partial charge in [0.1, 0.15) is 11.5 Å². The monoisotopic (exact) mass is 474 g/mol. The van der Waals surface area contributed by atoms with E-state index in [-0.39, 0.29) is 11.7 Å². The lowest BCUT2D eigenvalue weighted by atomic mass is 10.0. The number of hydrogen-bond acceptors (Lipinski definition) is 3. The van der Waals surface area contributed by atoms with Crippen molar-refractivity contribution in [3.8, 4) is 0 Å². The maximum atomic E-state index is 13.6. The van der Waals surface area contributed by atoms with Crippen LogP contribution in [0.25, 0.3) is 10.9 Å². The Balaban J connectivity index is 1.03. The largest absolute Gasteiger partial charge is 0.368 e. The minimum Gasteiger partial charge on any atom is -0.368 e. The summed E-state index contributed by atoms with van der Waals surface area (Å²) in [6.45, 7) is 7.19. The summed E-state index contributed by atoms with van der Waals surface area (Å²) in [7, 11) is 0. The van der Waals surface area contributed by atoms with E-state index in [0.717, 1.165) is 87.7 Å². The maximum absolute atomic E-state index is 13.6. The summed E-state index contributed by atoms with van der Waals surface area (Å²) in [5.41, 5.74) is 5.34. The number of aryl methyl sites for hydroxylation is 1. The van der Waals surface area contributed by atoms with Gasteiger partial charge in [0, 0.05) is 61.4 Å². The number of carbonyl (C=O) groups is 1. The fourth-order valence-corrected chi connectivity index (χ4v) is 6.48. The molecule has 1 aromatic heterocycles. The number of likely N-dealkylation sites (tertiary alicyclic amines) is 2. The maximum Gasteiger partial charge on any atom is 0.270 e. The zero-order valence-corrected chi connectivity index (χ0v) is 20.6. The van der Waals surface area contributed by atoms with E-state index in [0.29, 0.717) is 17.8 Å². The second-order valence-electron chi connectivity index (χ2n) is 10.6. The summed E-state index contributed by atoms with van der Waals surface area (Å²) in [4.78, 5) is 23.9. The molecule has 0 spiro atoms. The van der Waals surface area contributed by atoms with Crippen molar-refractivity contribution < 1.29 is 9.18 Å². The highest BCUT2D eigenvalue weighted by atomic mass is 19.1. The van der Waals surface area contributed by atoms with Crippen LogP contribution in [0.1, 0.15) is 53.7 Å². The van der Waals surface area contributed by atoms with Crippen LogP contribution in [0.15, 0.2) is 42.5 Å². The van der Waals surface area contributed by atoms with Crippen LogP contribution in [0, 0.1) is 12.7 Å². The molecule has 1 amide bonds. The number of aromatic nitrogens is 1. The Hall–Kier alpha value is -2.86. The van der Waals surface area contributed by atoms with E-state index in [1.807, 2.05) is 12.1 Å². The molecule has 0 saturated carbocycles. The SMILES string of the molecule is Cc1ccc2cc(C(=O)N3CCC[C@H]3CCN3CCC(N4CCc5cc(F)ccc54)CC3)[nH]c2c1. The second kappa shape index (κ2) is 9.30. The number of benzene rings is 2. The molecule has 6 rings (SSSR count). The third kappa shape index (κ3) is 4.44. The predicted octanol–water partition coefficient (Wildman–Crippen LogP) is 5.14. The fraction of sp³-hybridized carbons (Fsp3) is 0.483. The summed E-state index contributed by atoms with van der Waals surface area (Å²) in [5.74, 6) is 0.0173. The molecule has 3 aromatic rings. The number of carbonyl (C=O) groups excluding carboxylic acids is 1. The lowest BCUT2D eigenvalue weighted by molar-refractivity contribution is 0.0712. The minimum absolute atomic E-state index is 0.125. The van der Waals surface area contributed by atoms with Crippen molar-refractivity contribution in [2.45, 2.75) is 57.5 Å². The van der Waals surface area contributed by atoms with E-state index in [9.17, 15) is 9.18 Å². The number of hydrogen-bond donors (Lipinski definition) is 1. The minimum atomic E-state index is -0.125. The molecule has 3 aliphatic rings. The molecular formula is C29H35FN4O. The molecule has 0 bridgehead atoms. The molecule has 0 unspecified atom stereocenters. The van der Waals surface area contributed by atoms with Gasteiger partial charge in [0.05, 0.1) is 0 Å². The Labute approximate surface area is 206 Å². The van der Waals surface area contributed by atoms with Gasteiger partial charge in [-0.3, -0.25) is 4.79 Å². The lowest BCUT2D eigenvalue weighted by Crippen LogP contribution is -2.45. The number of amides is 1. The quantitative estimate of drug-likeness (QED) is 0.557. The summed E-state index contributed by atoms with van der Waals surface area (Å²) in [6, 6.07) is 14.4. The van der Waals surface area contributed by atoms with Gasteiger partial charge in [-0.15, -0.1) is 0 Å². The van der Waals surface area contributed by atoms with Crippen molar-refractivity contribution >= 4 is 22.5 Å². The molecule has 35 heavy (non-hydrogen) atoms. The molecule has 2 fully saturated rings. The number of piperidine rings is 1. The third-order valence-electron chi connectivity index (χ3n) is 8.40. The van der Waals surface area contributed by atoms with E-state index >= 15 is 0 Å². The Kier molecular flexibility index (Phi) is 6.01. The molecule has 184 valence electrons. The van der Waals surface area contributed by atoms with Crippen molar-refractivity contribution in [1.82, 2.24) is 14.8 Å². The summed E-state index contributed by atoms with van der Waals surface area (Å²) in [5, 5.41) is 1.10. The fourth-order valence-electron chi connectivity index (χ4n) is 6.48. The van der Waals surface area contributed by atoms with Gasteiger partial charge in [-0.1, -0.05) is 12.1 Å². The van der Waals surface area contributed by atoms with Crippen LogP contribution < -0.4 is 4.90 Å². The number of aromatic amines is 1. The van der Waals surface area contributed by atoms with Gasteiger partial charge in [-0.05, 0) is 86.9 Å². The Morgan fingerprint density at radius 1 is 1.03 bits per heavy atom. The third-order valence-corrected chi connectivity index (χ3v) is 8.40. The van der Waals surface area contributed by atoms with Crippen LogP contribution in [-0.2, 0) is 6.42 Å². The van der Waals surface area contributed by atoms with Gasteiger partial charge in [0.2, 0.25) is 0 Å². The molecule has 0 aliphatic carbocycles. The molecular weight excluding hydrogens is 439 g/mol. The number of H-pyrrole nitrogens is 1. The van der Waals surface area contributed by atoms with E-state index < -0.39 is 0 Å². The lowest BCUT2D eigenvalue weighted by Gasteiger charge is -2.38. The van der Waals surface area contributed by atoms with Gasteiger partial charge < -0.3 is 19.7 Å². The number of nitrogens with zero attached hydrogens (tertiary/aromatic N) is 3. The van der Waals surface area contributed by atoms with Crippen molar-refractivity contribution in [3.63, 3.8) is 0 Å². The molecule has 4 heterocycles. The summed E-state index contributed by atoms with van der Waals surface area (Å²) < 4.78 is 13.6. The van der Waals surface area contributed by atoms with Crippen LogP contribution in [0.2, 0.25) is 0 Å². The number of halogens is 1. The van der Waals surface area contributed by atoms with Gasteiger partial charge in [0.15, 0.2) is 0 Å². The second-order valence-corrected chi connectivity index (χ2v) is 10.6. The summed E-state index contributed by atoms with van der Waals surface area (Å²) in [6.07, 6.45) is 6.49. The Morgan fingerprint density at radius 2 is 1.89 bits per heavy atom. The smallest absolute Gasteiger partial charge is 0.270 e. The van der Waals surface area contributed by atoms with Crippen LogP contribution >= 0.6 is 0 Å². The number of rotatable bonds is 5. The summed E-state index contributed by atoms with van der Waals surface area (Å²) >= 11 is 0. The van der Waals surface area contributed by atoms with E-state index in [2.05, 4.69) is 44.8 Å². The van der Waals surface area contributed by atoms with Crippen molar-refractivity contribution in [1.29, 1.82) is 0 Å². The van der Waals surface area contributed by atoms with Gasteiger partial charge in [-0.25, -0.2) is 4.39 Å². The standard InChI is InChI=1S/C29H35FN4O/c1-20-4-5-21-19-27(31-26(21)17-20)29(35)34-12-2-3-24(34)9-13-32-14-10-25(11-15-32)33-16-8-22-18-23(30)6-7-28(22)33/h4-7,17-19,24-25,31H,2-3,8-16H2,1H3/t24-/m0/s1. The highest BCUT2D eigenvalue weighted by molar-refractivity contribution is 5.98. The van der Waals surface area contributed by atoms with Crippen LogP contribution in [-0.4, -0.2) is 65.5 Å². The molecule has 1 atom stereocenters. The molecule has 6 heteroatoms. The predicted molar refractivity (Wildman–Crippen MR) is 139 cm³/mol. The average Bonchev–Trinajstić information content (AvgIpc) is 3.60. The topological polar surface area (TPSA) is 42.6 Å². The van der Waals surface area contributed by atoms with E-state index in [1.165, 1.54) is 11.3 Å². The Bertz CT molecular complexity index is 1230. The first-order chi connectivity index (χ1) is 17.0. The number of anilines is 1. The first-order valence-electron chi connectivity index (χ1n) is 13.2. The first kappa shape index (κ1) is 22.6. The molecule has 0 radical (unpaired) electrons. The highest BCUT2D eigenvalue weighted by Gasteiger charge is 2.32. The van der Waals surface area contributed by atoms with Crippen LogP contribution in [0.3, 0.4) is 0 Å². The number of nitrogens with one attached hydrogen (secondary N) is 1. The van der Waals surface area contributed by atoms with Gasteiger partial charge in [0.25, 0.3) is 5.91 Å². The van der Waals surface area contributed by atoms with E-state index in [1.54, 1.807) is 12.1 Å². The Morgan fingerprint density at radius 3 is 2.74 bits per heavy atom. The van der Waals surface area contributed by atoms with Crippen molar-refractivity contribution in [2.24, 2.45) is 0 Å². The average molecular weight is 475 g/mol. The first-order valence-corrected chi connectivity index (χ1v) is 13.2. The van der Waals surface area contributed by atoms with Gasteiger partial charge in [-0.2, -0.15) is 0 Å². The molecule has 2 aromatic carbocycles. The molecule has 5 nitrogen and oxygen atoms in total. The number of fused-ring (bicyclic) bond motifs is 2. The normalized spacial score (nSPS) is 21.3. The van der Waals surface area contributed by atoms with Crippen LogP contribution in [0.4, 0.5) is 10.1 Å². The zero-order valence-electron chi connectivity index (χ0n) is 20.6. The zero-order chi connectivity index (χ0) is 23.9. The van der Waals surface area contributed by atoms with Crippen LogP contribution in [0.5, 0.6) is 0 Å².